The number of sulfonamides is 1. The van der Waals surface area contributed by atoms with Crippen molar-refractivity contribution in [2.24, 2.45) is 0 Å². The highest BCUT2D eigenvalue weighted by molar-refractivity contribution is 7.89. The molecule has 0 aliphatic carbocycles. The topological polar surface area (TPSA) is 87.7 Å². The number of carbonyl (C=O) groups excluding carboxylic acids is 1. The highest BCUT2D eigenvalue weighted by atomic mass is 32.2. The molecule has 1 heterocycles. The van der Waals surface area contributed by atoms with Gasteiger partial charge in [-0.25, -0.2) is 13.1 Å². The number of hydrogen-bond donors (Lipinski definition) is 2. The van der Waals surface area contributed by atoms with Crippen molar-refractivity contribution in [2.45, 2.75) is 6.42 Å². The second-order valence-corrected chi connectivity index (χ2v) is 6.04. The number of hydrogen-bond acceptors (Lipinski definition) is 5. The van der Waals surface area contributed by atoms with Crippen molar-refractivity contribution in [1.29, 1.82) is 0 Å². The fraction of sp³-hybridized carbons (Fsp3) is 0.900. The van der Waals surface area contributed by atoms with E-state index in [1.807, 2.05) is 0 Å². The van der Waals surface area contributed by atoms with Crippen LogP contribution < -0.4 is 10.0 Å². The van der Waals surface area contributed by atoms with Crippen molar-refractivity contribution in [3.05, 3.63) is 0 Å². The van der Waals surface area contributed by atoms with Crippen LogP contribution in [0.15, 0.2) is 0 Å². The van der Waals surface area contributed by atoms with Gasteiger partial charge in [-0.15, -0.1) is 0 Å². The number of ether oxygens (including phenoxy) is 1. The molecule has 1 amide bonds. The molecule has 106 valence electrons. The minimum absolute atomic E-state index is 0.0182. The molecule has 8 heteroatoms. The van der Waals surface area contributed by atoms with Crippen LogP contribution in [0.1, 0.15) is 6.42 Å². The third-order valence-corrected chi connectivity index (χ3v) is 4.08. The Hall–Kier alpha value is -0.700. The number of nitrogens with one attached hydrogen (secondary N) is 2. The Kier molecular flexibility index (Phi) is 6.55. The van der Waals surface area contributed by atoms with Crippen molar-refractivity contribution in [2.75, 3.05) is 52.2 Å². The summed E-state index contributed by atoms with van der Waals surface area (Å²) in [5.41, 5.74) is 0. The Morgan fingerprint density at radius 1 is 1.39 bits per heavy atom. The molecule has 1 aliphatic rings. The van der Waals surface area contributed by atoms with Gasteiger partial charge < -0.3 is 15.0 Å². The third-order valence-electron chi connectivity index (χ3n) is 2.67. The Balaban J connectivity index is 2.27. The zero-order chi connectivity index (χ0) is 13.4. The van der Waals surface area contributed by atoms with Gasteiger partial charge in [0.05, 0.1) is 12.3 Å². The van der Waals surface area contributed by atoms with E-state index in [0.29, 0.717) is 26.1 Å². The summed E-state index contributed by atoms with van der Waals surface area (Å²) in [6.07, 6.45) is 0.424. The SMILES string of the molecule is COCCCS(=O)(=O)NCC(=O)N1CCNCC1. The summed E-state index contributed by atoms with van der Waals surface area (Å²) in [4.78, 5) is 13.4. The van der Waals surface area contributed by atoms with Gasteiger partial charge in [-0.3, -0.25) is 4.79 Å². The van der Waals surface area contributed by atoms with E-state index in [2.05, 4.69) is 10.0 Å². The van der Waals surface area contributed by atoms with Crippen LogP contribution in [0.25, 0.3) is 0 Å². The molecule has 0 aromatic rings. The molecular weight excluding hydrogens is 258 g/mol. The average Bonchev–Trinajstić information content (AvgIpc) is 2.37. The van der Waals surface area contributed by atoms with Crippen LogP contribution in [0, 0.1) is 0 Å². The Bertz CT molecular complexity index is 352. The number of piperazine rings is 1. The van der Waals surface area contributed by atoms with E-state index in [1.165, 1.54) is 7.11 Å². The van der Waals surface area contributed by atoms with Crippen LogP contribution in [-0.2, 0) is 19.6 Å². The normalized spacial score (nSPS) is 16.8. The first-order valence-corrected chi connectivity index (χ1v) is 7.65. The maximum Gasteiger partial charge on any atom is 0.237 e. The molecule has 18 heavy (non-hydrogen) atoms. The van der Waals surface area contributed by atoms with E-state index in [1.54, 1.807) is 4.90 Å². The van der Waals surface area contributed by atoms with E-state index in [4.69, 9.17) is 4.74 Å². The number of methoxy groups -OCH3 is 1. The largest absolute Gasteiger partial charge is 0.385 e. The molecule has 1 aliphatic heterocycles. The van der Waals surface area contributed by atoms with Gasteiger partial charge in [-0.2, -0.15) is 0 Å². The van der Waals surface area contributed by atoms with Crippen LogP contribution in [-0.4, -0.2) is 71.4 Å². The van der Waals surface area contributed by atoms with Crippen molar-refractivity contribution >= 4 is 15.9 Å². The van der Waals surface area contributed by atoms with E-state index < -0.39 is 10.0 Å². The highest BCUT2D eigenvalue weighted by Gasteiger charge is 2.18. The molecule has 0 atom stereocenters. The summed E-state index contributed by atoms with van der Waals surface area (Å²) in [7, 11) is -1.86. The van der Waals surface area contributed by atoms with Gasteiger partial charge in [0.1, 0.15) is 0 Å². The molecule has 7 nitrogen and oxygen atoms in total. The summed E-state index contributed by atoms with van der Waals surface area (Å²) in [5.74, 6) is -0.192. The molecule has 0 aromatic heterocycles. The molecule has 0 bridgehead atoms. The number of rotatable bonds is 7. The summed E-state index contributed by atoms with van der Waals surface area (Å²) in [5, 5.41) is 3.13. The highest BCUT2D eigenvalue weighted by Crippen LogP contribution is 1.94. The zero-order valence-electron chi connectivity index (χ0n) is 10.6. The predicted octanol–water partition coefficient (Wildman–Crippen LogP) is -1.63. The molecule has 0 radical (unpaired) electrons. The van der Waals surface area contributed by atoms with Gasteiger partial charge in [-0.05, 0) is 6.42 Å². The van der Waals surface area contributed by atoms with Gasteiger partial charge in [0.15, 0.2) is 0 Å². The second-order valence-electron chi connectivity index (χ2n) is 4.12. The number of nitrogens with zero attached hydrogens (tertiary/aromatic N) is 1. The first-order chi connectivity index (χ1) is 8.55. The Morgan fingerprint density at radius 3 is 2.67 bits per heavy atom. The lowest BCUT2D eigenvalue weighted by Crippen LogP contribution is -2.49. The summed E-state index contributed by atoms with van der Waals surface area (Å²) < 4.78 is 30.2. The Labute approximate surface area is 108 Å². The summed E-state index contributed by atoms with van der Waals surface area (Å²) >= 11 is 0. The minimum atomic E-state index is -3.38. The molecule has 0 aromatic carbocycles. The first-order valence-electron chi connectivity index (χ1n) is 6.00. The molecule has 1 fully saturated rings. The fourth-order valence-corrected chi connectivity index (χ4v) is 2.65. The van der Waals surface area contributed by atoms with Gasteiger partial charge in [0.25, 0.3) is 0 Å². The molecule has 0 unspecified atom stereocenters. The average molecular weight is 279 g/mol. The van der Waals surface area contributed by atoms with Crippen LogP contribution in [0.4, 0.5) is 0 Å². The fourth-order valence-electron chi connectivity index (χ4n) is 1.66. The molecule has 0 spiro atoms. The van der Waals surface area contributed by atoms with E-state index in [9.17, 15) is 13.2 Å². The van der Waals surface area contributed by atoms with Crippen LogP contribution in [0.5, 0.6) is 0 Å². The monoisotopic (exact) mass is 279 g/mol. The van der Waals surface area contributed by atoms with Crippen LogP contribution in [0.3, 0.4) is 0 Å². The number of amides is 1. The lowest BCUT2D eigenvalue weighted by atomic mass is 10.3. The van der Waals surface area contributed by atoms with Crippen molar-refractivity contribution in [3.63, 3.8) is 0 Å². The quantitative estimate of drug-likeness (QED) is 0.547. The lowest BCUT2D eigenvalue weighted by molar-refractivity contribution is -0.130. The number of carbonyl (C=O) groups is 1. The molecule has 1 rings (SSSR count). The second kappa shape index (κ2) is 7.67. The predicted molar refractivity (Wildman–Crippen MR) is 67.7 cm³/mol. The van der Waals surface area contributed by atoms with Crippen molar-refractivity contribution in [1.82, 2.24) is 14.9 Å². The van der Waals surface area contributed by atoms with Gasteiger partial charge >= 0.3 is 0 Å². The zero-order valence-corrected chi connectivity index (χ0v) is 11.5. The third kappa shape index (κ3) is 5.76. The maximum atomic E-state index is 11.7. The molecular formula is C10H21N3O4S. The van der Waals surface area contributed by atoms with Crippen molar-refractivity contribution < 1.29 is 17.9 Å². The molecule has 2 N–H and O–H groups in total. The van der Waals surface area contributed by atoms with Gasteiger partial charge in [0.2, 0.25) is 15.9 Å². The summed E-state index contributed by atoms with van der Waals surface area (Å²) in [6, 6.07) is 0. The molecule has 1 saturated heterocycles. The molecule has 0 saturated carbocycles. The van der Waals surface area contributed by atoms with E-state index in [-0.39, 0.29) is 18.2 Å². The lowest BCUT2D eigenvalue weighted by Gasteiger charge is -2.27. The van der Waals surface area contributed by atoms with E-state index in [0.717, 1.165) is 13.1 Å². The standard InChI is InChI=1S/C10H21N3O4S/c1-17-7-2-8-18(15,16)12-9-10(14)13-5-3-11-4-6-13/h11-12H,2-9H2,1H3. The summed E-state index contributed by atoms with van der Waals surface area (Å²) in [6.45, 7) is 3.01. The van der Waals surface area contributed by atoms with Crippen LogP contribution >= 0.6 is 0 Å². The van der Waals surface area contributed by atoms with Crippen LogP contribution in [0.2, 0.25) is 0 Å². The van der Waals surface area contributed by atoms with Crippen molar-refractivity contribution in [3.8, 4) is 0 Å². The minimum Gasteiger partial charge on any atom is -0.385 e. The first kappa shape index (κ1) is 15.4. The smallest absolute Gasteiger partial charge is 0.237 e. The van der Waals surface area contributed by atoms with E-state index >= 15 is 0 Å². The Morgan fingerprint density at radius 2 is 2.06 bits per heavy atom. The van der Waals surface area contributed by atoms with Gasteiger partial charge in [0, 0.05) is 39.9 Å². The maximum absolute atomic E-state index is 11.7. The van der Waals surface area contributed by atoms with Gasteiger partial charge in [-0.1, -0.05) is 0 Å².